The molecule has 1 fully saturated rings. The quantitative estimate of drug-likeness (QED) is 0.530. The highest BCUT2D eigenvalue weighted by molar-refractivity contribution is 9.10. The molecule has 2 atom stereocenters. The summed E-state index contributed by atoms with van der Waals surface area (Å²) in [5.41, 5.74) is -0.103. The first-order valence-corrected chi connectivity index (χ1v) is 9.86. The first kappa shape index (κ1) is 21.6. The summed E-state index contributed by atoms with van der Waals surface area (Å²) in [5, 5.41) is 24.5. The van der Waals surface area contributed by atoms with Crippen LogP contribution in [0.15, 0.2) is 22.8 Å². The highest BCUT2D eigenvalue weighted by Crippen LogP contribution is 2.37. The molecule has 0 radical (unpaired) electrons. The minimum atomic E-state index is -4.65. The average Bonchev–Trinajstić information content (AvgIpc) is 3.11. The van der Waals surface area contributed by atoms with Crippen LogP contribution in [0.1, 0.15) is 30.4 Å². The lowest BCUT2D eigenvalue weighted by molar-refractivity contribution is -0.137. The molecular formula is C18H16BrClF3N5O. The number of rotatable bonds is 5. The standard InChI is InChI=1S/C18H16BrClF3N5O/c19-15-10(8-29)4-11(5-13(15)20)26-17-25-7-12(18(21,22)23)16(28-17)27-14-3-1-2-9(14)6-24/h4-5,7,9,14,29H,1-3,8H2,(H2,25,26,27,28). The van der Waals surface area contributed by atoms with E-state index in [4.69, 9.17) is 11.6 Å². The maximum absolute atomic E-state index is 13.4. The average molecular weight is 491 g/mol. The third-order valence-electron chi connectivity index (χ3n) is 4.63. The maximum Gasteiger partial charge on any atom is 0.421 e. The number of nitriles is 1. The second-order valence-corrected chi connectivity index (χ2v) is 7.79. The summed E-state index contributed by atoms with van der Waals surface area (Å²) in [6.45, 7) is -0.284. The van der Waals surface area contributed by atoms with Gasteiger partial charge in [0.2, 0.25) is 5.95 Å². The van der Waals surface area contributed by atoms with Gasteiger partial charge >= 0.3 is 6.18 Å². The van der Waals surface area contributed by atoms with Crippen LogP contribution in [-0.4, -0.2) is 21.1 Å². The summed E-state index contributed by atoms with van der Waals surface area (Å²) >= 11 is 9.35. The molecule has 11 heteroatoms. The van der Waals surface area contributed by atoms with Gasteiger partial charge in [0.1, 0.15) is 11.4 Å². The van der Waals surface area contributed by atoms with Crippen LogP contribution >= 0.6 is 27.5 Å². The van der Waals surface area contributed by atoms with Gasteiger partial charge in [0.15, 0.2) is 0 Å². The fourth-order valence-corrected chi connectivity index (χ4v) is 3.78. The van der Waals surface area contributed by atoms with Crippen molar-refractivity contribution in [3.63, 3.8) is 0 Å². The minimum absolute atomic E-state index is 0.0747. The van der Waals surface area contributed by atoms with E-state index in [1.807, 2.05) is 0 Å². The van der Waals surface area contributed by atoms with Crippen LogP contribution < -0.4 is 10.6 Å². The van der Waals surface area contributed by atoms with Crippen molar-refractivity contribution in [2.45, 2.75) is 38.1 Å². The summed E-state index contributed by atoms with van der Waals surface area (Å²) in [6, 6.07) is 4.82. The molecule has 29 heavy (non-hydrogen) atoms. The molecule has 1 aliphatic rings. The van der Waals surface area contributed by atoms with Crippen LogP contribution in [0.2, 0.25) is 5.02 Å². The number of anilines is 3. The summed E-state index contributed by atoms with van der Waals surface area (Å²) in [6.07, 6.45) is -1.97. The van der Waals surface area contributed by atoms with Crippen LogP contribution in [0.5, 0.6) is 0 Å². The Balaban J connectivity index is 1.93. The van der Waals surface area contributed by atoms with Crippen molar-refractivity contribution >= 4 is 45.0 Å². The lowest BCUT2D eigenvalue weighted by Crippen LogP contribution is -2.26. The molecule has 1 heterocycles. The molecule has 154 valence electrons. The number of aliphatic hydroxyl groups is 1. The van der Waals surface area contributed by atoms with Gasteiger partial charge in [-0.2, -0.15) is 23.4 Å². The van der Waals surface area contributed by atoms with E-state index in [0.29, 0.717) is 39.8 Å². The summed E-state index contributed by atoms with van der Waals surface area (Å²) < 4.78 is 40.7. The smallest absolute Gasteiger partial charge is 0.392 e. The topological polar surface area (TPSA) is 93.9 Å². The van der Waals surface area contributed by atoms with Crippen LogP contribution in [0, 0.1) is 17.2 Å². The van der Waals surface area contributed by atoms with Crippen LogP contribution in [0.25, 0.3) is 0 Å². The number of alkyl halides is 3. The third-order valence-corrected chi connectivity index (χ3v) is 6.09. The molecule has 0 aliphatic heterocycles. The lowest BCUT2D eigenvalue weighted by Gasteiger charge is -2.20. The molecular weight excluding hydrogens is 475 g/mol. The molecule has 1 aromatic heterocycles. The lowest BCUT2D eigenvalue weighted by atomic mass is 10.1. The van der Waals surface area contributed by atoms with Crippen LogP contribution in [0.3, 0.4) is 0 Å². The van der Waals surface area contributed by atoms with Crippen molar-refractivity contribution < 1.29 is 18.3 Å². The zero-order chi connectivity index (χ0) is 21.2. The van der Waals surface area contributed by atoms with E-state index in [9.17, 15) is 23.5 Å². The summed E-state index contributed by atoms with van der Waals surface area (Å²) in [7, 11) is 0. The molecule has 6 nitrogen and oxygen atoms in total. The molecule has 3 N–H and O–H groups in total. The second kappa shape index (κ2) is 8.73. The van der Waals surface area contributed by atoms with Crippen LogP contribution in [0.4, 0.5) is 30.6 Å². The fourth-order valence-electron chi connectivity index (χ4n) is 3.18. The molecule has 2 unspecified atom stereocenters. The van der Waals surface area contributed by atoms with Gasteiger partial charge in [0.25, 0.3) is 0 Å². The van der Waals surface area contributed by atoms with Gasteiger partial charge in [-0.3, -0.25) is 0 Å². The van der Waals surface area contributed by atoms with E-state index < -0.39 is 17.8 Å². The second-order valence-electron chi connectivity index (χ2n) is 6.59. The zero-order valence-corrected chi connectivity index (χ0v) is 17.2. The molecule has 3 rings (SSSR count). The Bertz CT molecular complexity index is 950. The largest absolute Gasteiger partial charge is 0.421 e. The van der Waals surface area contributed by atoms with Crippen molar-refractivity contribution in [1.29, 1.82) is 5.26 Å². The van der Waals surface area contributed by atoms with Crippen molar-refractivity contribution in [3.05, 3.63) is 39.0 Å². The highest BCUT2D eigenvalue weighted by atomic mass is 79.9. The van der Waals surface area contributed by atoms with Gasteiger partial charge in [-0.25, -0.2) is 4.98 Å². The molecule has 0 saturated heterocycles. The van der Waals surface area contributed by atoms with Gasteiger partial charge in [-0.1, -0.05) is 11.6 Å². The van der Waals surface area contributed by atoms with E-state index in [2.05, 4.69) is 42.6 Å². The number of hydrogen-bond donors (Lipinski definition) is 3. The van der Waals surface area contributed by atoms with Gasteiger partial charge in [-0.05, 0) is 52.9 Å². The Hall–Kier alpha value is -2.09. The normalized spacial score (nSPS) is 19.1. The Morgan fingerprint density at radius 2 is 2.10 bits per heavy atom. The molecule has 1 aromatic carbocycles. The van der Waals surface area contributed by atoms with Crippen molar-refractivity contribution in [2.75, 3.05) is 10.6 Å². The number of hydrogen-bond acceptors (Lipinski definition) is 6. The molecule has 0 amide bonds. The maximum atomic E-state index is 13.4. The zero-order valence-electron chi connectivity index (χ0n) is 14.9. The summed E-state index contributed by atoms with van der Waals surface area (Å²) in [4.78, 5) is 7.75. The predicted molar refractivity (Wildman–Crippen MR) is 106 cm³/mol. The van der Waals surface area contributed by atoms with E-state index in [0.717, 1.165) is 6.42 Å². The van der Waals surface area contributed by atoms with E-state index in [1.54, 1.807) is 6.07 Å². The summed E-state index contributed by atoms with van der Waals surface area (Å²) in [5.74, 6) is -0.832. The number of nitrogens with zero attached hydrogens (tertiary/aromatic N) is 3. The Morgan fingerprint density at radius 3 is 2.76 bits per heavy atom. The number of aliphatic hydroxyl groups excluding tert-OH is 1. The first-order valence-electron chi connectivity index (χ1n) is 8.69. The van der Waals surface area contributed by atoms with Gasteiger partial charge < -0.3 is 15.7 Å². The SMILES string of the molecule is N#CC1CCCC1Nc1nc(Nc2cc(Cl)c(Br)c(CO)c2)ncc1C(F)(F)F. The van der Waals surface area contributed by atoms with Gasteiger partial charge in [0.05, 0.1) is 23.6 Å². The Morgan fingerprint density at radius 1 is 1.34 bits per heavy atom. The fraction of sp³-hybridized carbons (Fsp3) is 0.389. The first-order chi connectivity index (χ1) is 13.7. The van der Waals surface area contributed by atoms with Crippen molar-refractivity contribution in [3.8, 4) is 6.07 Å². The number of aromatic nitrogens is 2. The third kappa shape index (κ3) is 4.91. The number of halogens is 5. The number of benzene rings is 1. The minimum Gasteiger partial charge on any atom is -0.392 e. The van der Waals surface area contributed by atoms with Crippen molar-refractivity contribution in [2.24, 2.45) is 5.92 Å². The van der Waals surface area contributed by atoms with Crippen molar-refractivity contribution in [1.82, 2.24) is 9.97 Å². The Kier molecular flexibility index (Phi) is 6.51. The monoisotopic (exact) mass is 489 g/mol. The van der Waals surface area contributed by atoms with Gasteiger partial charge in [-0.15, -0.1) is 0 Å². The molecule has 0 spiro atoms. The highest BCUT2D eigenvalue weighted by Gasteiger charge is 2.37. The van der Waals surface area contributed by atoms with Gasteiger partial charge in [0, 0.05) is 22.4 Å². The van der Waals surface area contributed by atoms with Crippen LogP contribution in [-0.2, 0) is 12.8 Å². The molecule has 2 aromatic rings. The predicted octanol–water partition coefficient (Wildman–Crippen LogP) is 5.25. The van der Waals surface area contributed by atoms with E-state index in [1.165, 1.54) is 6.07 Å². The van der Waals surface area contributed by atoms with E-state index in [-0.39, 0.29) is 24.3 Å². The van der Waals surface area contributed by atoms with E-state index >= 15 is 0 Å². The molecule has 1 saturated carbocycles. The Labute approximate surface area is 178 Å². The number of nitrogens with one attached hydrogen (secondary N) is 2. The molecule has 0 bridgehead atoms. The molecule has 1 aliphatic carbocycles.